The molecule has 1 atom stereocenters. The molecule has 0 saturated heterocycles. The summed E-state index contributed by atoms with van der Waals surface area (Å²) in [7, 11) is -4.09. The van der Waals surface area contributed by atoms with Crippen LogP contribution in [-0.4, -0.2) is 25.2 Å². The van der Waals surface area contributed by atoms with Gasteiger partial charge in [0.05, 0.1) is 22.8 Å². The van der Waals surface area contributed by atoms with Crippen LogP contribution in [-0.2, 0) is 27.7 Å². The van der Waals surface area contributed by atoms with Gasteiger partial charge in [0, 0.05) is 22.3 Å². The van der Waals surface area contributed by atoms with Gasteiger partial charge in [0.1, 0.15) is 41.5 Å². The summed E-state index contributed by atoms with van der Waals surface area (Å²) in [5.74, 6) is -2.25. The number of phenolic OH excluding ortho intramolecular Hbond substituents is 1. The van der Waals surface area contributed by atoms with Crippen LogP contribution in [0.3, 0.4) is 0 Å². The summed E-state index contributed by atoms with van der Waals surface area (Å²) >= 11 is 7.79. The number of allylic oxidation sites excluding steroid dienone is 1. The monoisotopic (exact) mass is 670 g/mol. The van der Waals surface area contributed by atoms with Crippen molar-refractivity contribution >= 4 is 50.1 Å². The SMILES string of the molecule is CC1(C)CC2=C([C@H](c3ccc(OCc4ccsc4)cc3F)N(C(=O)Cc3ccc(F)cc3Cl)c3cccc(O)c3N2)S(=O)(=O)C1. The Morgan fingerprint density at radius 3 is 2.67 bits per heavy atom. The molecule has 1 amide bonds. The van der Waals surface area contributed by atoms with Gasteiger partial charge in [-0.3, -0.25) is 9.69 Å². The van der Waals surface area contributed by atoms with Crippen LogP contribution >= 0.6 is 22.9 Å². The molecule has 0 spiro atoms. The number of thiophene rings is 1. The second kappa shape index (κ2) is 11.8. The highest BCUT2D eigenvalue weighted by atomic mass is 35.5. The van der Waals surface area contributed by atoms with E-state index < -0.39 is 38.8 Å². The third-order valence-corrected chi connectivity index (χ3v) is 11.2. The number of phenols is 1. The summed E-state index contributed by atoms with van der Waals surface area (Å²) in [6.07, 6.45) is -0.108. The second-order valence-corrected chi connectivity index (χ2v) is 15.1. The van der Waals surface area contributed by atoms with E-state index in [0.29, 0.717) is 5.56 Å². The minimum Gasteiger partial charge on any atom is -0.506 e. The van der Waals surface area contributed by atoms with Gasteiger partial charge in [-0.15, -0.1) is 0 Å². The van der Waals surface area contributed by atoms with E-state index in [1.54, 1.807) is 19.9 Å². The molecule has 0 radical (unpaired) electrons. The Labute approximate surface area is 268 Å². The highest BCUT2D eigenvalue weighted by Crippen LogP contribution is 2.51. The first-order chi connectivity index (χ1) is 21.3. The van der Waals surface area contributed by atoms with Crippen LogP contribution < -0.4 is 15.0 Å². The lowest BCUT2D eigenvalue weighted by molar-refractivity contribution is -0.118. The van der Waals surface area contributed by atoms with Gasteiger partial charge in [0.15, 0.2) is 9.84 Å². The molecule has 234 valence electrons. The van der Waals surface area contributed by atoms with Crippen molar-refractivity contribution in [2.45, 2.75) is 39.3 Å². The molecule has 7 nitrogen and oxygen atoms in total. The minimum atomic E-state index is -4.09. The predicted molar refractivity (Wildman–Crippen MR) is 171 cm³/mol. The first-order valence-electron chi connectivity index (χ1n) is 14.1. The largest absolute Gasteiger partial charge is 0.506 e. The fourth-order valence-electron chi connectivity index (χ4n) is 5.93. The number of ether oxygens (including phenoxy) is 1. The molecule has 1 aromatic heterocycles. The zero-order valence-corrected chi connectivity index (χ0v) is 26.7. The molecule has 3 heterocycles. The number of anilines is 2. The van der Waals surface area contributed by atoms with Crippen molar-refractivity contribution < 1.29 is 31.8 Å². The van der Waals surface area contributed by atoms with Gasteiger partial charge in [0.2, 0.25) is 5.91 Å². The van der Waals surface area contributed by atoms with Crippen molar-refractivity contribution in [2.24, 2.45) is 5.41 Å². The first kappa shape index (κ1) is 31.1. The van der Waals surface area contributed by atoms with Crippen molar-refractivity contribution in [3.63, 3.8) is 0 Å². The summed E-state index contributed by atoms with van der Waals surface area (Å²) in [4.78, 5) is 15.4. The molecular weight excluding hydrogens is 642 g/mol. The minimum absolute atomic E-state index is 0.00854. The summed E-state index contributed by atoms with van der Waals surface area (Å²) in [6, 6.07) is 12.6. The van der Waals surface area contributed by atoms with Gasteiger partial charge in [-0.25, -0.2) is 17.2 Å². The molecule has 3 aromatic carbocycles. The Hall–Kier alpha value is -3.93. The number of rotatable bonds is 6. The maximum Gasteiger partial charge on any atom is 0.232 e. The van der Waals surface area contributed by atoms with E-state index in [-0.39, 0.29) is 69.3 Å². The van der Waals surface area contributed by atoms with E-state index in [0.717, 1.165) is 11.6 Å². The fraction of sp³-hybridized carbons (Fsp3) is 0.242. The maximum absolute atomic E-state index is 16.3. The number of carbonyl (C=O) groups is 1. The number of nitrogens with one attached hydrogen (secondary N) is 1. The average Bonchev–Trinajstić information content (AvgIpc) is 3.42. The van der Waals surface area contributed by atoms with Crippen LogP contribution in [0.25, 0.3) is 0 Å². The molecule has 45 heavy (non-hydrogen) atoms. The van der Waals surface area contributed by atoms with Crippen LogP contribution in [0, 0.1) is 17.0 Å². The average molecular weight is 671 g/mol. The molecule has 2 aliphatic rings. The molecule has 4 aromatic rings. The third-order valence-electron chi connectivity index (χ3n) is 7.81. The zero-order valence-electron chi connectivity index (χ0n) is 24.3. The normalized spacial score (nSPS) is 18.4. The number of halogens is 3. The lowest BCUT2D eigenvalue weighted by atomic mass is 9.88. The number of hydrogen-bond donors (Lipinski definition) is 2. The number of nitrogens with zero attached hydrogens (tertiary/aromatic N) is 1. The number of amides is 1. The van der Waals surface area contributed by atoms with Gasteiger partial charge in [-0.2, -0.15) is 11.3 Å². The van der Waals surface area contributed by atoms with Crippen molar-refractivity contribution in [3.8, 4) is 11.5 Å². The van der Waals surface area contributed by atoms with Gasteiger partial charge >= 0.3 is 0 Å². The molecular formula is C33H29ClF2N2O5S2. The summed E-state index contributed by atoms with van der Waals surface area (Å²) in [6.45, 7) is 3.83. The number of para-hydroxylation sites is 1. The quantitative estimate of drug-likeness (QED) is 0.204. The van der Waals surface area contributed by atoms with E-state index in [2.05, 4.69) is 5.32 Å². The summed E-state index contributed by atoms with van der Waals surface area (Å²) < 4.78 is 64.1. The second-order valence-electron chi connectivity index (χ2n) is 11.9. The predicted octanol–water partition coefficient (Wildman–Crippen LogP) is 7.76. The van der Waals surface area contributed by atoms with Gasteiger partial charge in [-0.05, 0) is 76.2 Å². The van der Waals surface area contributed by atoms with Crippen molar-refractivity contribution in [3.05, 3.63) is 115 Å². The Morgan fingerprint density at radius 1 is 1.16 bits per heavy atom. The molecule has 2 aliphatic heterocycles. The Balaban J connectivity index is 1.54. The molecule has 6 rings (SSSR count). The van der Waals surface area contributed by atoms with Crippen molar-refractivity contribution in [1.82, 2.24) is 0 Å². The Bertz CT molecular complexity index is 1940. The smallest absolute Gasteiger partial charge is 0.232 e. The highest BCUT2D eigenvalue weighted by molar-refractivity contribution is 7.95. The number of sulfone groups is 1. The van der Waals surface area contributed by atoms with E-state index in [9.17, 15) is 22.7 Å². The molecule has 0 fully saturated rings. The summed E-state index contributed by atoms with van der Waals surface area (Å²) in [5, 5.41) is 17.9. The van der Waals surface area contributed by atoms with Crippen LogP contribution in [0.1, 0.15) is 43.0 Å². The highest BCUT2D eigenvalue weighted by Gasteiger charge is 2.47. The molecule has 0 bridgehead atoms. The van der Waals surface area contributed by atoms with Crippen LogP contribution in [0.5, 0.6) is 11.5 Å². The van der Waals surface area contributed by atoms with E-state index in [1.807, 2.05) is 16.8 Å². The van der Waals surface area contributed by atoms with Crippen molar-refractivity contribution in [1.29, 1.82) is 0 Å². The Morgan fingerprint density at radius 2 is 1.96 bits per heavy atom. The van der Waals surface area contributed by atoms with E-state index in [4.69, 9.17) is 16.3 Å². The van der Waals surface area contributed by atoms with Gasteiger partial charge < -0.3 is 15.2 Å². The third kappa shape index (κ3) is 6.16. The number of hydrogen-bond acceptors (Lipinski definition) is 7. The van der Waals surface area contributed by atoms with Crippen LogP contribution in [0.4, 0.5) is 20.2 Å². The van der Waals surface area contributed by atoms with Crippen LogP contribution in [0.2, 0.25) is 5.02 Å². The van der Waals surface area contributed by atoms with Crippen LogP contribution in [0.15, 0.2) is 82.0 Å². The zero-order chi connectivity index (χ0) is 32.1. The lowest BCUT2D eigenvalue weighted by Crippen LogP contribution is -2.42. The van der Waals surface area contributed by atoms with Gasteiger partial charge in [-0.1, -0.05) is 37.6 Å². The lowest BCUT2D eigenvalue weighted by Gasteiger charge is -2.37. The molecule has 0 unspecified atom stereocenters. The van der Waals surface area contributed by atoms with Gasteiger partial charge in [0.25, 0.3) is 0 Å². The molecule has 0 saturated carbocycles. The standard InChI is InChI=1S/C33H29ClF2N2O5S2/c1-33(2)15-26-32(45(41,42)18-33)31(23-9-8-22(14-25(23)36)43-16-19-10-11-44-17-19)38(27-4-3-5-28(39)30(27)37-26)29(40)12-20-6-7-21(35)13-24(20)34/h3-11,13-14,17,31,37,39H,12,15-16,18H2,1-2H3/t31-/m0/s1. The Kier molecular flexibility index (Phi) is 8.13. The topological polar surface area (TPSA) is 95.9 Å². The maximum atomic E-state index is 16.3. The number of aromatic hydroxyl groups is 1. The number of fused-ring (bicyclic) bond motifs is 1. The van der Waals surface area contributed by atoms with E-state index in [1.165, 1.54) is 58.7 Å². The number of carbonyl (C=O) groups excluding carboxylic acids is 1. The summed E-state index contributed by atoms with van der Waals surface area (Å²) in [5.41, 5.74) is 0.936. The van der Waals surface area contributed by atoms with Crippen molar-refractivity contribution in [2.75, 3.05) is 16.0 Å². The number of benzene rings is 3. The molecule has 0 aliphatic carbocycles. The first-order valence-corrected chi connectivity index (χ1v) is 17.0. The molecule has 12 heteroatoms. The fourth-order valence-corrected chi connectivity index (χ4v) is 9.18. The van der Waals surface area contributed by atoms with E-state index >= 15 is 4.39 Å². The molecule has 2 N–H and O–H groups in total.